The molecule has 0 amide bonds. The maximum atomic E-state index is 11.2. The summed E-state index contributed by atoms with van der Waals surface area (Å²) >= 11 is 0. The second kappa shape index (κ2) is 3.14. The first-order valence-corrected chi connectivity index (χ1v) is 5.52. The van der Waals surface area contributed by atoms with Crippen LogP contribution in [0.4, 0.5) is 0 Å². The van der Waals surface area contributed by atoms with Crippen molar-refractivity contribution in [3.8, 4) is 0 Å². The molecular formula is C12H13N3O. The Morgan fingerprint density at radius 2 is 2.12 bits per heavy atom. The molecule has 1 saturated carbocycles. The van der Waals surface area contributed by atoms with Crippen molar-refractivity contribution in [1.29, 1.82) is 0 Å². The summed E-state index contributed by atoms with van der Waals surface area (Å²) in [6.45, 7) is 3.92. The van der Waals surface area contributed by atoms with Crippen LogP contribution in [0.3, 0.4) is 0 Å². The Morgan fingerprint density at radius 1 is 1.38 bits per heavy atom. The van der Waals surface area contributed by atoms with Gasteiger partial charge in [-0.2, -0.15) is 0 Å². The van der Waals surface area contributed by atoms with E-state index in [-0.39, 0.29) is 0 Å². The second-order valence-electron chi connectivity index (χ2n) is 4.45. The van der Waals surface area contributed by atoms with Crippen LogP contribution >= 0.6 is 0 Å². The highest BCUT2D eigenvalue weighted by Gasteiger charge is 2.30. The molecule has 0 aromatic carbocycles. The van der Waals surface area contributed by atoms with Gasteiger partial charge in [-0.05, 0) is 32.8 Å². The maximum Gasteiger partial charge on any atom is 0.235 e. The minimum absolute atomic E-state index is 0.474. The summed E-state index contributed by atoms with van der Waals surface area (Å²) in [6.07, 6.45) is 3.18. The lowest BCUT2D eigenvalue weighted by molar-refractivity contribution is 0.111. The quantitative estimate of drug-likeness (QED) is 0.720. The predicted molar refractivity (Wildman–Crippen MR) is 59.8 cm³/mol. The topological polar surface area (TPSA) is 47.3 Å². The average molecular weight is 215 g/mol. The lowest BCUT2D eigenvalue weighted by atomic mass is 10.2. The highest BCUT2D eigenvalue weighted by atomic mass is 16.1. The number of nitrogens with zero attached hydrogens (tertiary/aromatic N) is 3. The Morgan fingerprint density at radius 3 is 2.75 bits per heavy atom. The van der Waals surface area contributed by atoms with Gasteiger partial charge in [0.15, 0.2) is 6.29 Å². The smallest absolute Gasteiger partial charge is 0.235 e. The van der Waals surface area contributed by atoms with E-state index in [1.807, 2.05) is 24.3 Å². The minimum atomic E-state index is 0.474. The first-order valence-electron chi connectivity index (χ1n) is 5.52. The van der Waals surface area contributed by atoms with Crippen LogP contribution in [-0.2, 0) is 0 Å². The normalized spacial score (nSPS) is 15.6. The number of rotatable bonds is 2. The fourth-order valence-electron chi connectivity index (χ4n) is 2.19. The number of aromatic nitrogens is 3. The third kappa shape index (κ3) is 1.26. The SMILES string of the molecule is Cc1cc(C)n2c(C=O)c(C3CC3)nc2n1. The monoisotopic (exact) mass is 215 g/mol. The summed E-state index contributed by atoms with van der Waals surface area (Å²) in [4.78, 5) is 20.0. The Kier molecular flexibility index (Phi) is 1.87. The lowest BCUT2D eigenvalue weighted by Crippen LogP contribution is -2.00. The summed E-state index contributed by atoms with van der Waals surface area (Å²) in [6, 6.07) is 1.97. The number of fused-ring (bicyclic) bond motifs is 1. The Labute approximate surface area is 93.3 Å². The van der Waals surface area contributed by atoms with Gasteiger partial charge < -0.3 is 0 Å². The Bertz CT molecular complexity index is 581. The van der Waals surface area contributed by atoms with Gasteiger partial charge in [-0.25, -0.2) is 9.97 Å². The van der Waals surface area contributed by atoms with Gasteiger partial charge in [-0.1, -0.05) is 0 Å². The molecule has 0 saturated heterocycles. The highest BCUT2D eigenvalue weighted by molar-refractivity contribution is 5.77. The van der Waals surface area contributed by atoms with Gasteiger partial charge in [0.25, 0.3) is 0 Å². The highest BCUT2D eigenvalue weighted by Crippen LogP contribution is 2.40. The van der Waals surface area contributed by atoms with Gasteiger partial charge in [0.05, 0.1) is 5.69 Å². The largest absolute Gasteiger partial charge is 0.296 e. The number of carbonyl (C=O) groups is 1. The summed E-state index contributed by atoms with van der Waals surface area (Å²) < 4.78 is 1.85. The number of aldehydes is 1. The second-order valence-corrected chi connectivity index (χ2v) is 4.45. The van der Waals surface area contributed by atoms with Gasteiger partial charge in [-0.15, -0.1) is 0 Å². The van der Waals surface area contributed by atoms with Crippen LogP contribution in [0, 0.1) is 13.8 Å². The molecule has 0 unspecified atom stereocenters. The van der Waals surface area contributed by atoms with Crippen LogP contribution in [0.2, 0.25) is 0 Å². The van der Waals surface area contributed by atoms with Crippen molar-refractivity contribution in [3.63, 3.8) is 0 Å². The summed E-state index contributed by atoms with van der Waals surface area (Å²) in [5.74, 6) is 1.13. The molecule has 1 fully saturated rings. The molecule has 0 radical (unpaired) electrons. The van der Waals surface area contributed by atoms with Crippen LogP contribution < -0.4 is 0 Å². The van der Waals surface area contributed by atoms with Crippen LogP contribution in [-0.4, -0.2) is 20.7 Å². The maximum absolute atomic E-state index is 11.2. The van der Waals surface area contributed by atoms with Crippen LogP contribution in [0.1, 0.15) is 46.3 Å². The number of hydrogen-bond acceptors (Lipinski definition) is 3. The number of imidazole rings is 1. The van der Waals surface area contributed by atoms with E-state index in [0.29, 0.717) is 17.4 Å². The van der Waals surface area contributed by atoms with Crippen molar-refractivity contribution in [2.45, 2.75) is 32.6 Å². The van der Waals surface area contributed by atoms with Crippen molar-refractivity contribution in [3.05, 3.63) is 28.8 Å². The minimum Gasteiger partial charge on any atom is -0.296 e. The zero-order valence-electron chi connectivity index (χ0n) is 9.40. The van der Waals surface area contributed by atoms with Gasteiger partial charge in [0.1, 0.15) is 5.69 Å². The Balaban J connectivity index is 2.37. The fraction of sp³-hybridized carbons (Fsp3) is 0.417. The van der Waals surface area contributed by atoms with E-state index < -0.39 is 0 Å². The molecule has 0 spiro atoms. The van der Waals surface area contributed by atoms with Crippen molar-refractivity contribution < 1.29 is 4.79 Å². The van der Waals surface area contributed by atoms with E-state index >= 15 is 0 Å². The zero-order chi connectivity index (χ0) is 11.3. The van der Waals surface area contributed by atoms with Crippen molar-refractivity contribution in [2.24, 2.45) is 0 Å². The molecule has 1 aliphatic carbocycles. The van der Waals surface area contributed by atoms with E-state index in [4.69, 9.17) is 0 Å². The molecule has 1 aliphatic rings. The molecule has 0 bridgehead atoms. The molecular weight excluding hydrogens is 202 g/mol. The van der Waals surface area contributed by atoms with Crippen LogP contribution in [0.5, 0.6) is 0 Å². The average Bonchev–Trinajstić information content (AvgIpc) is 2.99. The zero-order valence-corrected chi connectivity index (χ0v) is 9.40. The third-order valence-electron chi connectivity index (χ3n) is 3.05. The Hall–Kier alpha value is -1.71. The first kappa shape index (κ1) is 9.51. The standard InChI is InChI=1S/C12H13N3O/c1-7-5-8(2)15-10(6-16)11(9-3-4-9)14-12(15)13-7/h5-6,9H,3-4H2,1-2H3. The number of hydrogen-bond donors (Lipinski definition) is 0. The van der Waals surface area contributed by atoms with E-state index in [1.165, 1.54) is 0 Å². The van der Waals surface area contributed by atoms with Gasteiger partial charge in [-0.3, -0.25) is 9.20 Å². The molecule has 4 nitrogen and oxygen atoms in total. The molecule has 2 aromatic heterocycles. The first-order chi connectivity index (χ1) is 7.70. The molecule has 3 rings (SSSR count). The van der Waals surface area contributed by atoms with E-state index in [1.54, 1.807) is 0 Å². The molecule has 0 aliphatic heterocycles. The van der Waals surface area contributed by atoms with E-state index in [0.717, 1.165) is 36.2 Å². The predicted octanol–water partition coefficient (Wildman–Crippen LogP) is 2.04. The molecule has 82 valence electrons. The molecule has 0 atom stereocenters. The summed E-state index contributed by atoms with van der Waals surface area (Å²) in [5.41, 5.74) is 3.57. The number of aryl methyl sites for hydroxylation is 2. The van der Waals surface area contributed by atoms with E-state index in [2.05, 4.69) is 9.97 Å². The van der Waals surface area contributed by atoms with Crippen molar-refractivity contribution in [1.82, 2.24) is 14.4 Å². The molecule has 2 heterocycles. The molecule has 0 N–H and O–H groups in total. The molecule has 4 heteroatoms. The third-order valence-corrected chi connectivity index (χ3v) is 3.05. The van der Waals surface area contributed by atoms with Crippen molar-refractivity contribution in [2.75, 3.05) is 0 Å². The summed E-state index contributed by atoms with van der Waals surface area (Å²) in [5, 5.41) is 0. The summed E-state index contributed by atoms with van der Waals surface area (Å²) in [7, 11) is 0. The van der Waals surface area contributed by atoms with Crippen LogP contribution in [0.15, 0.2) is 6.07 Å². The number of carbonyl (C=O) groups excluding carboxylic acids is 1. The molecule has 2 aromatic rings. The lowest BCUT2D eigenvalue weighted by Gasteiger charge is -2.01. The van der Waals surface area contributed by atoms with Gasteiger partial charge in [0.2, 0.25) is 5.78 Å². The van der Waals surface area contributed by atoms with Gasteiger partial charge in [0, 0.05) is 17.3 Å². The van der Waals surface area contributed by atoms with Gasteiger partial charge >= 0.3 is 0 Å². The van der Waals surface area contributed by atoms with Crippen molar-refractivity contribution >= 4 is 12.1 Å². The fourth-order valence-corrected chi connectivity index (χ4v) is 2.19. The van der Waals surface area contributed by atoms with E-state index in [9.17, 15) is 4.79 Å². The van der Waals surface area contributed by atoms with Crippen LogP contribution in [0.25, 0.3) is 5.78 Å². The molecule has 16 heavy (non-hydrogen) atoms.